The smallest absolute Gasteiger partial charge is 0.305 e. The molecule has 4 aromatic rings. The van der Waals surface area contributed by atoms with Crippen LogP contribution in [0.1, 0.15) is 47.7 Å². The van der Waals surface area contributed by atoms with Gasteiger partial charge in [0, 0.05) is 18.6 Å². The number of hydrogen-bond donors (Lipinski definition) is 1. The first kappa shape index (κ1) is 24.2. The number of carbonyl (C=O) groups is 1. The minimum absolute atomic E-state index is 0.00216. The summed E-state index contributed by atoms with van der Waals surface area (Å²) in [6, 6.07) is 35.8. The highest BCUT2D eigenvalue weighted by Gasteiger charge is 2.28. The van der Waals surface area contributed by atoms with Crippen LogP contribution in [0.2, 0.25) is 0 Å². The minimum atomic E-state index is -0.826. The van der Waals surface area contributed by atoms with Crippen molar-refractivity contribution in [2.24, 2.45) is 0 Å². The van der Waals surface area contributed by atoms with Crippen molar-refractivity contribution in [3.63, 3.8) is 0 Å². The predicted molar refractivity (Wildman–Crippen MR) is 140 cm³/mol. The molecule has 0 unspecified atom stereocenters. The van der Waals surface area contributed by atoms with E-state index >= 15 is 0 Å². The van der Waals surface area contributed by atoms with Gasteiger partial charge in [0.05, 0.1) is 6.42 Å². The number of hydrogen-bond acceptors (Lipinski definition) is 3. The molecule has 1 N–H and O–H groups in total. The Morgan fingerprint density at radius 3 is 1.89 bits per heavy atom. The first-order valence-corrected chi connectivity index (χ1v) is 11.9. The summed E-state index contributed by atoms with van der Waals surface area (Å²) in [6.07, 6.45) is 0.00216. The van der Waals surface area contributed by atoms with Gasteiger partial charge in [-0.25, -0.2) is 0 Å². The van der Waals surface area contributed by atoms with Crippen molar-refractivity contribution >= 4 is 5.97 Å². The number of nitrogens with zero attached hydrogens (tertiary/aromatic N) is 1. The standard InChI is InChI=1S/C31H31NO3/c1-23-13-17-28(18-14-23)35-29-19-15-27(16-20-29)30(21-31(33)34)32(22-25-9-5-3-6-10-25)24(2)26-11-7-4-8-12-26/h3-20,24,30H,21-22H2,1-2H3,(H,33,34)/t24-,30+/m1/s1. The molecule has 0 saturated carbocycles. The maximum Gasteiger partial charge on any atom is 0.305 e. The van der Waals surface area contributed by atoms with Crippen LogP contribution in [0.25, 0.3) is 0 Å². The lowest BCUT2D eigenvalue weighted by molar-refractivity contribution is -0.138. The topological polar surface area (TPSA) is 49.8 Å². The zero-order chi connectivity index (χ0) is 24.6. The SMILES string of the molecule is Cc1ccc(Oc2ccc([C@H](CC(=O)O)N(Cc3ccccc3)[C@H](C)c3ccccc3)cc2)cc1. The number of carboxylic acid groups (broad SMARTS) is 1. The largest absolute Gasteiger partial charge is 0.481 e. The molecule has 0 spiro atoms. The Morgan fingerprint density at radius 1 is 0.771 bits per heavy atom. The van der Waals surface area contributed by atoms with E-state index in [1.165, 1.54) is 5.56 Å². The van der Waals surface area contributed by atoms with Crippen molar-refractivity contribution in [2.45, 2.75) is 38.9 Å². The summed E-state index contributed by atoms with van der Waals surface area (Å²) in [5.41, 5.74) is 4.42. The third-order valence-electron chi connectivity index (χ3n) is 6.28. The van der Waals surface area contributed by atoms with Gasteiger partial charge < -0.3 is 9.84 Å². The van der Waals surface area contributed by atoms with Crippen LogP contribution in [0.15, 0.2) is 109 Å². The van der Waals surface area contributed by atoms with Crippen molar-refractivity contribution in [2.75, 3.05) is 0 Å². The fraction of sp³-hybridized carbons (Fsp3) is 0.194. The molecule has 0 saturated heterocycles. The first-order chi connectivity index (χ1) is 17.0. The van der Waals surface area contributed by atoms with Crippen LogP contribution in [0.4, 0.5) is 0 Å². The van der Waals surface area contributed by atoms with Crippen LogP contribution < -0.4 is 4.74 Å². The maximum absolute atomic E-state index is 12.0. The number of aliphatic carboxylic acids is 1. The fourth-order valence-corrected chi connectivity index (χ4v) is 4.33. The molecule has 4 aromatic carbocycles. The monoisotopic (exact) mass is 465 g/mol. The molecule has 0 heterocycles. The molecule has 0 aliphatic carbocycles. The van der Waals surface area contributed by atoms with Crippen LogP contribution in [-0.2, 0) is 11.3 Å². The molecule has 4 nitrogen and oxygen atoms in total. The summed E-state index contributed by atoms with van der Waals surface area (Å²) in [5.74, 6) is 0.666. The molecule has 0 radical (unpaired) electrons. The van der Waals surface area contributed by atoms with Gasteiger partial charge in [0.1, 0.15) is 11.5 Å². The molecular weight excluding hydrogens is 434 g/mol. The van der Waals surface area contributed by atoms with E-state index in [1.54, 1.807) is 0 Å². The van der Waals surface area contributed by atoms with E-state index in [-0.39, 0.29) is 18.5 Å². The lowest BCUT2D eigenvalue weighted by Gasteiger charge is -2.36. The molecule has 0 aliphatic rings. The second-order valence-corrected chi connectivity index (χ2v) is 8.84. The number of carboxylic acids is 1. The van der Waals surface area contributed by atoms with E-state index in [0.717, 1.165) is 28.2 Å². The van der Waals surface area contributed by atoms with E-state index < -0.39 is 5.97 Å². The second-order valence-electron chi connectivity index (χ2n) is 8.84. The lowest BCUT2D eigenvalue weighted by Crippen LogP contribution is -2.32. The zero-order valence-corrected chi connectivity index (χ0v) is 20.2. The van der Waals surface area contributed by atoms with Gasteiger partial charge in [-0.05, 0) is 54.8 Å². The molecule has 178 valence electrons. The molecule has 0 aliphatic heterocycles. The highest BCUT2D eigenvalue weighted by molar-refractivity contribution is 5.68. The average molecular weight is 466 g/mol. The van der Waals surface area contributed by atoms with Crippen LogP contribution >= 0.6 is 0 Å². The fourth-order valence-electron chi connectivity index (χ4n) is 4.33. The average Bonchev–Trinajstić information content (AvgIpc) is 2.88. The van der Waals surface area contributed by atoms with Gasteiger partial charge in [-0.3, -0.25) is 9.69 Å². The molecule has 2 atom stereocenters. The van der Waals surface area contributed by atoms with Gasteiger partial charge in [-0.1, -0.05) is 90.5 Å². The second kappa shape index (κ2) is 11.5. The number of ether oxygens (including phenoxy) is 1. The molecule has 4 heteroatoms. The van der Waals surface area contributed by atoms with Gasteiger partial charge in [0.25, 0.3) is 0 Å². The van der Waals surface area contributed by atoms with Gasteiger partial charge >= 0.3 is 5.97 Å². The third kappa shape index (κ3) is 6.58. The maximum atomic E-state index is 12.0. The Balaban J connectivity index is 1.65. The van der Waals surface area contributed by atoms with Crippen LogP contribution in [0, 0.1) is 6.92 Å². The van der Waals surface area contributed by atoms with Gasteiger partial charge in [-0.15, -0.1) is 0 Å². The lowest BCUT2D eigenvalue weighted by atomic mass is 9.96. The van der Waals surface area contributed by atoms with E-state index in [4.69, 9.17) is 4.74 Å². The van der Waals surface area contributed by atoms with Crippen molar-refractivity contribution in [3.05, 3.63) is 131 Å². The normalized spacial score (nSPS) is 12.8. The summed E-state index contributed by atoms with van der Waals surface area (Å²) in [6.45, 7) is 4.82. The number of benzene rings is 4. The zero-order valence-electron chi connectivity index (χ0n) is 20.2. The van der Waals surface area contributed by atoms with Crippen LogP contribution in [0.3, 0.4) is 0 Å². The molecule has 4 rings (SSSR count). The van der Waals surface area contributed by atoms with Crippen molar-refractivity contribution in [1.82, 2.24) is 4.90 Å². The van der Waals surface area contributed by atoms with Gasteiger partial charge in [-0.2, -0.15) is 0 Å². The summed E-state index contributed by atoms with van der Waals surface area (Å²) in [5, 5.41) is 9.83. The third-order valence-corrected chi connectivity index (χ3v) is 6.28. The molecule has 0 fully saturated rings. The van der Waals surface area contributed by atoms with Crippen LogP contribution in [0.5, 0.6) is 11.5 Å². The summed E-state index contributed by atoms with van der Waals surface area (Å²) in [4.78, 5) is 14.3. The van der Waals surface area contributed by atoms with Crippen molar-refractivity contribution in [3.8, 4) is 11.5 Å². The summed E-state index contributed by atoms with van der Waals surface area (Å²) >= 11 is 0. The van der Waals surface area contributed by atoms with Gasteiger partial charge in [0.2, 0.25) is 0 Å². The quantitative estimate of drug-likeness (QED) is 0.262. The molecule has 0 bridgehead atoms. The summed E-state index contributed by atoms with van der Waals surface area (Å²) < 4.78 is 5.99. The number of aryl methyl sites for hydroxylation is 1. The van der Waals surface area contributed by atoms with Crippen molar-refractivity contribution < 1.29 is 14.6 Å². The van der Waals surface area contributed by atoms with E-state index in [9.17, 15) is 9.90 Å². The van der Waals surface area contributed by atoms with Crippen LogP contribution in [-0.4, -0.2) is 16.0 Å². The van der Waals surface area contributed by atoms with Crippen molar-refractivity contribution in [1.29, 1.82) is 0 Å². The highest BCUT2D eigenvalue weighted by atomic mass is 16.5. The Hall–Kier alpha value is -3.89. The Kier molecular flexibility index (Phi) is 7.96. The highest BCUT2D eigenvalue weighted by Crippen LogP contribution is 2.35. The van der Waals surface area contributed by atoms with E-state index in [0.29, 0.717) is 6.54 Å². The Labute approximate surface area is 207 Å². The Bertz CT molecular complexity index is 1210. The molecule has 0 aromatic heterocycles. The Morgan fingerprint density at radius 2 is 1.31 bits per heavy atom. The molecule has 35 heavy (non-hydrogen) atoms. The number of rotatable bonds is 10. The predicted octanol–water partition coefficient (Wildman–Crippen LogP) is 7.57. The molecule has 0 amide bonds. The molecular formula is C31H31NO3. The van der Waals surface area contributed by atoms with Gasteiger partial charge in [0.15, 0.2) is 0 Å². The van der Waals surface area contributed by atoms with E-state index in [2.05, 4.69) is 36.1 Å². The van der Waals surface area contributed by atoms with E-state index in [1.807, 2.05) is 91.9 Å². The first-order valence-electron chi connectivity index (χ1n) is 11.9. The minimum Gasteiger partial charge on any atom is -0.481 e. The summed E-state index contributed by atoms with van der Waals surface area (Å²) in [7, 11) is 0.